The van der Waals surface area contributed by atoms with Crippen LogP contribution in [0.5, 0.6) is 0 Å². The zero-order valence-corrected chi connectivity index (χ0v) is 13.0. The first-order valence-corrected chi connectivity index (χ1v) is 8.10. The number of hydrogen-bond acceptors (Lipinski definition) is 1. The van der Waals surface area contributed by atoms with Crippen LogP contribution in [0.3, 0.4) is 0 Å². The topological polar surface area (TPSA) is 42.2 Å². The summed E-state index contributed by atoms with van der Waals surface area (Å²) in [6, 6.07) is 12.9. The highest BCUT2D eigenvalue weighted by molar-refractivity contribution is 6.09. The molecule has 0 unspecified atom stereocenters. The van der Waals surface area contributed by atoms with Gasteiger partial charge in [0.2, 0.25) is 5.92 Å². The summed E-state index contributed by atoms with van der Waals surface area (Å²) in [6.45, 7) is 0. The van der Waals surface area contributed by atoms with Crippen LogP contribution < -0.4 is 0 Å². The van der Waals surface area contributed by atoms with Gasteiger partial charge in [-0.25, -0.2) is 13.6 Å². The van der Waals surface area contributed by atoms with Gasteiger partial charge < -0.3 is 9.67 Å². The van der Waals surface area contributed by atoms with E-state index in [0.717, 1.165) is 21.8 Å². The van der Waals surface area contributed by atoms with Crippen molar-refractivity contribution in [2.75, 3.05) is 0 Å². The third-order valence-electron chi connectivity index (χ3n) is 5.01. The Bertz CT molecular complexity index is 935. The van der Waals surface area contributed by atoms with Gasteiger partial charge in [-0.15, -0.1) is 0 Å². The molecule has 4 rings (SSSR count). The monoisotopic (exact) mass is 329 g/mol. The summed E-state index contributed by atoms with van der Waals surface area (Å²) < 4.78 is 29.1. The lowest BCUT2D eigenvalue weighted by molar-refractivity contribution is -0.0432. The summed E-state index contributed by atoms with van der Waals surface area (Å²) in [7, 11) is 0. The third-order valence-corrected chi connectivity index (χ3v) is 5.01. The second-order valence-corrected chi connectivity index (χ2v) is 6.51. The van der Waals surface area contributed by atoms with E-state index in [1.54, 1.807) is 12.1 Å². The first-order valence-electron chi connectivity index (χ1n) is 8.10. The number of para-hydroxylation sites is 1. The number of halogens is 2. The van der Waals surface area contributed by atoms with Crippen molar-refractivity contribution in [1.29, 1.82) is 0 Å². The second-order valence-electron chi connectivity index (χ2n) is 6.51. The fourth-order valence-electron chi connectivity index (χ4n) is 3.81. The Morgan fingerprint density at radius 1 is 1.04 bits per heavy atom. The van der Waals surface area contributed by atoms with Crippen LogP contribution >= 0.6 is 0 Å². The highest BCUT2D eigenvalue weighted by atomic mass is 19.3. The van der Waals surface area contributed by atoms with Gasteiger partial charge in [-0.05, 0) is 31.0 Å². The number of fused-ring (bicyclic) bond motifs is 3. The van der Waals surface area contributed by atoms with Crippen molar-refractivity contribution in [3.63, 3.8) is 0 Å². The van der Waals surface area contributed by atoms with E-state index >= 15 is 0 Å². The molecule has 3 aromatic rings. The number of nitrogens with zero attached hydrogens (tertiary/aromatic N) is 1. The molecule has 1 aliphatic carbocycles. The predicted molar refractivity (Wildman–Crippen MR) is 88.9 cm³/mol. The number of aromatic nitrogens is 1. The smallest absolute Gasteiger partial charge is 0.335 e. The normalized spacial score (nSPS) is 18.2. The van der Waals surface area contributed by atoms with Crippen molar-refractivity contribution in [2.24, 2.45) is 0 Å². The lowest BCUT2D eigenvalue weighted by Crippen LogP contribution is -2.26. The molecule has 0 radical (unpaired) electrons. The van der Waals surface area contributed by atoms with E-state index in [1.807, 2.05) is 30.3 Å². The predicted octanol–water partition coefficient (Wildman–Crippen LogP) is 5.24. The van der Waals surface area contributed by atoms with E-state index < -0.39 is 11.9 Å². The number of rotatable bonds is 2. The summed E-state index contributed by atoms with van der Waals surface area (Å²) >= 11 is 0. The third kappa shape index (κ3) is 2.35. The molecule has 1 heterocycles. The lowest BCUT2D eigenvalue weighted by Gasteiger charge is -2.30. The number of carboxylic acids is 1. The molecular weight excluding hydrogens is 312 g/mol. The summed E-state index contributed by atoms with van der Waals surface area (Å²) in [5, 5.41) is 11.3. The van der Waals surface area contributed by atoms with Crippen molar-refractivity contribution in [3.05, 3.63) is 48.0 Å². The molecule has 5 heteroatoms. The molecule has 1 saturated carbocycles. The van der Waals surface area contributed by atoms with Crippen molar-refractivity contribution in [2.45, 2.75) is 37.6 Å². The molecule has 2 aromatic carbocycles. The Morgan fingerprint density at radius 3 is 2.42 bits per heavy atom. The van der Waals surface area contributed by atoms with Crippen molar-refractivity contribution < 1.29 is 18.7 Å². The van der Waals surface area contributed by atoms with Crippen LogP contribution in [0.1, 0.15) is 42.1 Å². The first kappa shape index (κ1) is 15.1. The molecular formula is C19H17F2NO2. The Hall–Kier alpha value is -2.43. The molecule has 124 valence electrons. The minimum absolute atomic E-state index is 0.0314. The summed E-state index contributed by atoms with van der Waals surface area (Å²) in [6.07, 6.45) is 0.560. The fraction of sp³-hybridized carbons (Fsp3) is 0.316. The Labute approximate surface area is 137 Å². The number of alkyl halides is 2. The molecule has 1 N–H and O–H groups in total. The molecule has 1 fully saturated rings. The Kier molecular flexibility index (Phi) is 3.34. The molecule has 0 atom stereocenters. The minimum atomic E-state index is -2.58. The van der Waals surface area contributed by atoms with E-state index in [9.17, 15) is 18.7 Å². The SMILES string of the molecule is O=C(O)c1ccc2c3ccccc3n(C3CCC(F)(F)CC3)c2c1. The van der Waals surface area contributed by atoms with E-state index in [2.05, 4.69) is 4.57 Å². The number of benzene rings is 2. The van der Waals surface area contributed by atoms with Crippen LogP contribution in [0, 0.1) is 0 Å². The molecule has 0 saturated heterocycles. The highest BCUT2D eigenvalue weighted by Gasteiger charge is 2.36. The van der Waals surface area contributed by atoms with Gasteiger partial charge in [0.15, 0.2) is 0 Å². The molecule has 3 nitrogen and oxygen atoms in total. The number of carboxylic acid groups (broad SMARTS) is 1. The molecule has 0 amide bonds. The molecule has 1 aliphatic rings. The van der Waals surface area contributed by atoms with Gasteiger partial charge in [-0.1, -0.05) is 24.3 Å². The Balaban J connectivity index is 1.94. The molecule has 0 aliphatic heterocycles. The van der Waals surface area contributed by atoms with Crippen LogP contribution in [0.15, 0.2) is 42.5 Å². The van der Waals surface area contributed by atoms with E-state index in [4.69, 9.17) is 0 Å². The maximum atomic E-state index is 13.5. The van der Waals surface area contributed by atoms with E-state index in [1.165, 1.54) is 0 Å². The van der Waals surface area contributed by atoms with Crippen LogP contribution in [-0.2, 0) is 0 Å². The summed E-state index contributed by atoms with van der Waals surface area (Å²) in [5.74, 6) is -3.56. The van der Waals surface area contributed by atoms with E-state index in [0.29, 0.717) is 12.8 Å². The standard InChI is InChI=1S/C19H17F2NO2/c20-19(21)9-7-13(8-10-19)22-16-4-2-1-3-14(16)15-6-5-12(18(23)24)11-17(15)22/h1-6,11,13H,7-10H2,(H,23,24). The zero-order chi connectivity index (χ0) is 16.9. The van der Waals surface area contributed by atoms with Crippen molar-refractivity contribution in [1.82, 2.24) is 4.57 Å². The van der Waals surface area contributed by atoms with Gasteiger partial charge in [-0.3, -0.25) is 0 Å². The van der Waals surface area contributed by atoms with Gasteiger partial charge in [0.1, 0.15) is 0 Å². The van der Waals surface area contributed by atoms with Gasteiger partial charge in [0.25, 0.3) is 0 Å². The minimum Gasteiger partial charge on any atom is -0.478 e. The lowest BCUT2D eigenvalue weighted by atomic mass is 9.92. The van der Waals surface area contributed by atoms with Gasteiger partial charge in [0, 0.05) is 35.2 Å². The van der Waals surface area contributed by atoms with Crippen LogP contribution in [0.25, 0.3) is 21.8 Å². The molecule has 0 spiro atoms. The number of carbonyl (C=O) groups is 1. The fourth-order valence-corrected chi connectivity index (χ4v) is 3.81. The average molecular weight is 329 g/mol. The van der Waals surface area contributed by atoms with Gasteiger partial charge in [0.05, 0.1) is 11.1 Å². The van der Waals surface area contributed by atoms with E-state index in [-0.39, 0.29) is 24.4 Å². The first-order chi connectivity index (χ1) is 11.5. The van der Waals surface area contributed by atoms with Crippen molar-refractivity contribution >= 4 is 27.8 Å². The van der Waals surface area contributed by atoms with Gasteiger partial charge >= 0.3 is 5.97 Å². The Morgan fingerprint density at radius 2 is 1.71 bits per heavy atom. The quantitative estimate of drug-likeness (QED) is 0.698. The van der Waals surface area contributed by atoms with Gasteiger partial charge in [-0.2, -0.15) is 0 Å². The second kappa shape index (κ2) is 5.30. The van der Waals surface area contributed by atoms with Crippen LogP contribution in [0.2, 0.25) is 0 Å². The molecule has 0 bridgehead atoms. The van der Waals surface area contributed by atoms with Crippen molar-refractivity contribution in [3.8, 4) is 0 Å². The summed E-state index contributed by atoms with van der Waals surface area (Å²) in [5.41, 5.74) is 2.00. The largest absolute Gasteiger partial charge is 0.478 e. The van der Waals surface area contributed by atoms with Crippen LogP contribution in [0.4, 0.5) is 8.78 Å². The number of aromatic carboxylic acids is 1. The average Bonchev–Trinajstić information content (AvgIpc) is 2.89. The maximum absolute atomic E-state index is 13.5. The molecule has 24 heavy (non-hydrogen) atoms. The number of hydrogen-bond donors (Lipinski definition) is 1. The highest BCUT2D eigenvalue weighted by Crippen LogP contribution is 2.42. The molecule has 1 aromatic heterocycles. The summed E-state index contributed by atoms with van der Waals surface area (Å²) in [4.78, 5) is 11.3. The zero-order valence-electron chi connectivity index (χ0n) is 13.0. The van der Waals surface area contributed by atoms with Crippen LogP contribution in [-0.4, -0.2) is 21.6 Å². The maximum Gasteiger partial charge on any atom is 0.335 e.